The summed E-state index contributed by atoms with van der Waals surface area (Å²) in [4.78, 5) is 15.9. The molecule has 4 nitrogen and oxygen atoms in total. The zero-order valence-electron chi connectivity index (χ0n) is 12.8. The van der Waals surface area contributed by atoms with E-state index in [1.807, 2.05) is 36.4 Å². The lowest BCUT2D eigenvalue weighted by Gasteiger charge is -2.14. The van der Waals surface area contributed by atoms with Crippen LogP contribution in [-0.2, 0) is 0 Å². The molecule has 0 saturated heterocycles. The molecule has 1 aliphatic heterocycles. The summed E-state index contributed by atoms with van der Waals surface area (Å²) in [6, 6.07) is 13.9. The maximum absolute atomic E-state index is 11.6. The first-order chi connectivity index (χ1) is 10.6. The highest BCUT2D eigenvalue weighted by atomic mass is 16.1. The summed E-state index contributed by atoms with van der Waals surface area (Å²) in [6.07, 6.45) is 0. The topological polar surface area (TPSA) is 53.5 Å². The normalized spacial score (nSPS) is 13.5. The summed E-state index contributed by atoms with van der Waals surface area (Å²) < 4.78 is 0. The van der Waals surface area contributed by atoms with Gasteiger partial charge in [-0.05, 0) is 42.7 Å². The largest absolute Gasteiger partial charge is 0.354 e. The SMILES string of the molecule is CC(=O)c1cccc(-c2cccc(NC3=NCCN3)c2C)c1. The molecule has 0 bridgehead atoms. The highest BCUT2D eigenvalue weighted by Crippen LogP contribution is 2.29. The van der Waals surface area contributed by atoms with Crippen molar-refractivity contribution < 1.29 is 4.79 Å². The molecule has 0 atom stereocenters. The first-order valence-electron chi connectivity index (χ1n) is 7.41. The van der Waals surface area contributed by atoms with Gasteiger partial charge in [0.2, 0.25) is 0 Å². The average Bonchev–Trinajstić information content (AvgIpc) is 3.02. The van der Waals surface area contributed by atoms with Gasteiger partial charge in [0.25, 0.3) is 0 Å². The molecule has 112 valence electrons. The van der Waals surface area contributed by atoms with Crippen LogP contribution in [-0.4, -0.2) is 24.8 Å². The second kappa shape index (κ2) is 6.02. The van der Waals surface area contributed by atoms with Crippen LogP contribution in [0.1, 0.15) is 22.8 Å². The highest BCUT2D eigenvalue weighted by molar-refractivity contribution is 5.97. The van der Waals surface area contributed by atoms with E-state index in [0.29, 0.717) is 0 Å². The van der Waals surface area contributed by atoms with E-state index in [4.69, 9.17) is 0 Å². The van der Waals surface area contributed by atoms with Crippen LogP contribution in [0.2, 0.25) is 0 Å². The number of guanidine groups is 1. The molecule has 0 amide bonds. The first kappa shape index (κ1) is 14.3. The molecule has 0 saturated carbocycles. The molecule has 1 aliphatic rings. The Morgan fingerprint density at radius 2 is 2.05 bits per heavy atom. The molecule has 2 aromatic rings. The molecule has 0 radical (unpaired) electrons. The van der Waals surface area contributed by atoms with Gasteiger partial charge in [-0.3, -0.25) is 9.79 Å². The number of nitrogens with zero attached hydrogens (tertiary/aromatic N) is 1. The van der Waals surface area contributed by atoms with Crippen molar-refractivity contribution in [2.24, 2.45) is 4.99 Å². The van der Waals surface area contributed by atoms with Crippen molar-refractivity contribution in [1.29, 1.82) is 0 Å². The standard InChI is InChI=1S/C18H19N3O/c1-12-16(15-6-3-5-14(11-15)13(2)22)7-4-8-17(12)21-18-19-9-10-20-18/h3-8,11H,9-10H2,1-2H3,(H2,19,20,21). The van der Waals surface area contributed by atoms with Crippen molar-refractivity contribution in [3.8, 4) is 11.1 Å². The Kier molecular flexibility index (Phi) is 3.92. The van der Waals surface area contributed by atoms with Crippen LogP contribution < -0.4 is 10.6 Å². The van der Waals surface area contributed by atoms with Crippen molar-refractivity contribution in [1.82, 2.24) is 5.32 Å². The Morgan fingerprint density at radius 3 is 2.77 bits per heavy atom. The van der Waals surface area contributed by atoms with E-state index in [1.54, 1.807) is 6.92 Å². The second-order valence-corrected chi connectivity index (χ2v) is 5.40. The van der Waals surface area contributed by atoms with Crippen LogP contribution in [0.5, 0.6) is 0 Å². The number of nitrogens with one attached hydrogen (secondary N) is 2. The molecule has 0 unspecified atom stereocenters. The van der Waals surface area contributed by atoms with Gasteiger partial charge >= 0.3 is 0 Å². The molecule has 1 heterocycles. The van der Waals surface area contributed by atoms with Gasteiger partial charge < -0.3 is 10.6 Å². The number of aliphatic imine (C=N–C) groups is 1. The zero-order chi connectivity index (χ0) is 15.5. The summed E-state index contributed by atoms with van der Waals surface area (Å²) in [6.45, 7) is 5.35. The Hall–Kier alpha value is -2.62. The van der Waals surface area contributed by atoms with E-state index >= 15 is 0 Å². The zero-order valence-corrected chi connectivity index (χ0v) is 12.8. The molecule has 3 rings (SSSR count). The maximum atomic E-state index is 11.6. The lowest BCUT2D eigenvalue weighted by Crippen LogP contribution is -2.26. The number of ketones is 1. The summed E-state index contributed by atoms with van der Waals surface area (Å²) in [5.74, 6) is 0.899. The number of benzene rings is 2. The van der Waals surface area contributed by atoms with Crippen LogP contribution >= 0.6 is 0 Å². The predicted octanol–water partition coefficient (Wildman–Crippen LogP) is 3.24. The van der Waals surface area contributed by atoms with Crippen molar-refractivity contribution in [3.05, 3.63) is 53.6 Å². The lowest BCUT2D eigenvalue weighted by atomic mass is 9.97. The fourth-order valence-electron chi connectivity index (χ4n) is 2.60. The summed E-state index contributed by atoms with van der Waals surface area (Å²) in [7, 11) is 0. The fraction of sp³-hybridized carbons (Fsp3) is 0.222. The van der Waals surface area contributed by atoms with Crippen molar-refractivity contribution in [2.45, 2.75) is 13.8 Å². The molecule has 0 fully saturated rings. The average molecular weight is 293 g/mol. The van der Waals surface area contributed by atoms with Gasteiger partial charge in [0.05, 0.1) is 6.54 Å². The Labute approximate surface area is 130 Å². The maximum Gasteiger partial charge on any atom is 0.195 e. The third kappa shape index (κ3) is 2.86. The molecular formula is C18H19N3O. The van der Waals surface area contributed by atoms with Crippen molar-refractivity contribution in [2.75, 3.05) is 18.4 Å². The van der Waals surface area contributed by atoms with E-state index in [0.717, 1.165) is 47.0 Å². The van der Waals surface area contributed by atoms with Gasteiger partial charge in [-0.25, -0.2) is 0 Å². The minimum Gasteiger partial charge on any atom is -0.354 e. The molecule has 0 spiro atoms. The fourth-order valence-corrected chi connectivity index (χ4v) is 2.60. The van der Waals surface area contributed by atoms with Gasteiger partial charge in [-0.15, -0.1) is 0 Å². The van der Waals surface area contributed by atoms with E-state index < -0.39 is 0 Å². The van der Waals surface area contributed by atoms with Crippen molar-refractivity contribution >= 4 is 17.4 Å². The van der Waals surface area contributed by atoms with Crippen LogP contribution in [0.4, 0.5) is 5.69 Å². The molecule has 2 N–H and O–H groups in total. The van der Waals surface area contributed by atoms with E-state index in [2.05, 4.69) is 28.6 Å². The number of hydrogen-bond acceptors (Lipinski definition) is 4. The van der Waals surface area contributed by atoms with Crippen LogP contribution in [0.15, 0.2) is 47.5 Å². The smallest absolute Gasteiger partial charge is 0.195 e. The van der Waals surface area contributed by atoms with Crippen LogP contribution in [0.3, 0.4) is 0 Å². The number of hydrogen-bond donors (Lipinski definition) is 2. The molecule has 22 heavy (non-hydrogen) atoms. The third-order valence-electron chi connectivity index (χ3n) is 3.84. The van der Waals surface area contributed by atoms with Crippen molar-refractivity contribution in [3.63, 3.8) is 0 Å². The van der Waals surface area contributed by atoms with E-state index in [1.165, 1.54) is 0 Å². The Balaban J connectivity index is 1.97. The minimum atomic E-state index is 0.0818. The monoisotopic (exact) mass is 293 g/mol. The van der Waals surface area contributed by atoms with E-state index in [9.17, 15) is 4.79 Å². The number of carbonyl (C=O) groups is 1. The molecular weight excluding hydrogens is 274 g/mol. The summed E-state index contributed by atoms with van der Waals surface area (Å²) in [5, 5.41) is 6.54. The third-order valence-corrected chi connectivity index (χ3v) is 3.84. The first-order valence-corrected chi connectivity index (χ1v) is 7.41. The van der Waals surface area contributed by atoms with Gasteiger partial charge in [-0.2, -0.15) is 0 Å². The molecule has 4 heteroatoms. The minimum absolute atomic E-state index is 0.0818. The Morgan fingerprint density at radius 1 is 1.23 bits per heavy atom. The number of Topliss-reactive ketones (excluding diaryl/α,β-unsaturated/α-hetero) is 1. The predicted molar refractivity (Wildman–Crippen MR) is 90.5 cm³/mol. The second-order valence-electron chi connectivity index (χ2n) is 5.40. The number of carbonyl (C=O) groups excluding carboxylic acids is 1. The van der Waals surface area contributed by atoms with Crippen LogP contribution in [0, 0.1) is 6.92 Å². The van der Waals surface area contributed by atoms with Gasteiger partial charge in [0.15, 0.2) is 11.7 Å². The van der Waals surface area contributed by atoms with Gasteiger partial charge in [-0.1, -0.05) is 30.3 Å². The van der Waals surface area contributed by atoms with Gasteiger partial charge in [0, 0.05) is 17.8 Å². The molecule has 2 aromatic carbocycles. The quantitative estimate of drug-likeness (QED) is 0.854. The number of anilines is 1. The summed E-state index contributed by atoms with van der Waals surface area (Å²) in [5.41, 5.74) is 5.07. The van der Waals surface area contributed by atoms with E-state index in [-0.39, 0.29) is 5.78 Å². The number of rotatable bonds is 3. The lowest BCUT2D eigenvalue weighted by molar-refractivity contribution is 0.101. The Bertz CT molecular complexity index is 750. The molecule has 0 aromatic heterocycles. The molecule has 0 aliphatic carbocycles. The van der Waals surface area contributed by atoms with Crippen LogP contribution in [0.25, 0.3) is 11.1 Å². The summed E-state index contributed by atoms with van der Waals surface area (Å²) >= 11 is 0. The van der Waals surface area contributed by atoms with Gasteiger partial charge in [0.1, 0.15) is 0 Å². The highest BCUT2D eigenvalue weighted by Gasteiger charge is 2.11.